The fourth-order valence-electron chi connectivity index (χ4n) is 5.29. The van der Waals surface area contributed by atoms with Gasteiger partial charge in [0.1, 0.15) is 22.2 Å². The first-order valence-corrected chi connectivity index (χ1v) is 14.6. The predicted molar refractivity (Wildman–Crippen MR) is 157 cm³/mol. The number of nitrogens with zero attached hydrogens (tertiary/aromatic N) is 2. The molecule has 1 fully saturated rings. The van der Waals surface area contributed by atoms with Crippen molar-refractivity contribution in [3.63, 3.8) is 0 Å². The number of benzene rings is 1. The molecule has 2 aromatic heterocycles. The number of methoxy groups -OCH3 is 1. The number of aryl methyl sites for hydroxylation is 1. The van der Waals surface area contributed by atoms with Gasteiger partial charge in [-0.25, -0.2) is 9.36 Å². The highest BCUT2D eigenvalue weighted by molar-refractivity contribution is 7.20. The summed E-state index contributed by atoms with van der Waals surface area (Å²) in [6.45, 7) is 6.64. The first-order chi connectivity index (χ1) is 19.4. The lowest BCUT2D eigenvalue weighted by Gasteiger charge is -2.31. The van der Waals surface area contributed by atoms with E-state index in [2.05, 4.69) is 5.32 Å². The van der Waals surface area contributed by atoms with Crippen LogP contribution in [0.5, 0.6) is 5.75 Å². The number of aliphatic hydroxyl groups excluding tert-OH is 1. The predicted octanol–water partition coefficient (Wildman–Crippen LogP) is 2.57. The first kappa shape index (κ1) is 30.5. The second kappa shape index (κ2) is 12.2. The molecule has 222 valence electrons. The van der Waals surface area contributed by atoms with Crippen LogP contribution in [0.2, 0.25) is 0 Å². The maximum atomic E-state index is 14.1. The Hall–Kier alpha value is -3.48. The molecule has 4 rings (SSSR count). The van der Waals surface area contributed by atoms with Crippen LogP contribution >= 0.6 is 11.3 Å². The van der Waals surface area contributed by atoms with Crippen molar-refractivity contribution in [3.05, 3.63) is 61.1 Å². The Morgan fingerprint density at radius 2 is 1.85 bits per heavy atom. The maximum Gasteiger partial charge on any atom is 0.333 e. The first-order valence-electron chi connectivity index (χ1n) is 13.8. The summed E-state index contributed by atoms with van der Waals surface area (Å²) in [5.74, 6) is -0.643. The van der Waals surface area contributed by atoms with Gasteiger partial charge in [0, 0.05) is 12.1 Å². The Morgan fingerprint density at radius 1 is 1.20 bits per heavy atom. The van der Waals surface area contributed by atoms with Crippen molar-refractivity contribution in [2.45, 2.75) is 83.8 Å². The highest BCUT2D eigenvalue weighted by Gasteiger charge is 2.35. The van der Waals surface area contributed by atoms with E-state index >= 15 is 0 Å². The van der Waals surface area contributed by atoms with Gasteiger partial charge < -0.3 is 25.6 Å². The van der Waals surface area contributed by atoms with Gasteiger partial charge in [-0.3, -0.25) is 19.0 Å². The number of thiophene rings is 1. The van der Waals surface area contributed by atoms with E-state index in [1.54, 1.807) is 27.0 Å². The fraction of sp³-hybridized carbons (Fsp3) is 0.517. The van der Waals surface area contributed by atoms with E-state index in [1.807, 2.05) is 18.2 Å². The standard InChI is InChI=1S/C29H38N4O7S/c1-6-31-24(35)23-16(2)22-25(36)33(29(3,4)27(30)37)28(38)32(26(22)41-23)15-21(19-9-7-8-10-20(19)39-5)40-18-13-11-17(34)12-14-18/h7-10,17-18,21,34H,6,11-15H2,1-5H3,(H2,30,37)(H,31,35)/t17-,18-,21-/m0/s1. The van der Waals surface area contributed by atoms with Crippen molar-refractivity contribution < 1.29 is 24.2 Å². The van der Waals surface area contributed by atoms with Crippen LogP contribution in [0, 0.1) is 6.92 Å². The van der Waals surface area contributed by atoms with Crippen molar-refractivity contribution in [1.29, 1.82) is 0 Å². The van der Waals surface area contributed by atoms with Gasteiger partial charge in [0.25, 0.3) is 11.5 Å². The van der Waals surface area contributed by atoms with Crippen molar-refractivity contribution in [3.8, 4) is 5.75 Å². The smallest absolute Gasteiger partial charge is 0.333 e. The van der Waals surface area contributed by atoms with Crippen LogP contribution in [0.4, 0.5) is 0 Å². The van der Waals surface area contributed by atoms with Crippen LogP contribution in [0.25, 0.3) is 10.2 Å². The zero-order valence-corrected chi connectivity index (χ0v) is 24.9. The molecule has 1 aliphatic carbocycles. The third-order valence-electron chi connectivity index (χ3n) is 7.75. The van der Waals surface area contributed by atoms with Gasteiger partial charge in [0.15, 0.2) is 0 Å². The largest absolute Gasteiger partial charge is 0.496 e. The lowest BCUT2D eigenvalue weighted by Crippen LogP contribution is -2.54. The molecule has 1 aromatic carbocycles. The quantitative estimate of drug-likeness (QED) is 0.330. The average molecular weight is 587 g/mol. The van der Waals surface area contributed by atoms with E-state index in [-0.39, 0.29) is 30.0 Å². The molecular formula is C29H38N4O7S. The molecule has 1 aliphatic rings. The SMILES string of the molecule is CCNC(=O)c1sc2c(c1C)c(=O)n(C(C)(C)C(N)=O)c(=O)n2C[C@H](O[C@H]1CC[C@H](O)CC1)c1ccccc1OC. The maximum absolute atomic E-state index is 14.1. The van der Waals surface area contributed by atoms with E-state index in [9.17, 15) is 24.3 Å². The van der Waals surface area contributed by atoms with Crippen molar-refractivity contribution >= 4 is 33.4 Å². The topological polar surface area (TPSA) is 155 Å². The van der Waals surface area contributed by atoms with E-state index < -0.39 is 28.8 Å². The molecule has 11 nitrogen and oxygen atoms in total. The Morgan fingerprint density at radius 3 is 2.46 bits per heavy atom. The molecule has 0 unspecified atom stereocenters. The zero-order chi connectivity index (χ0) is 30.1. The van der Waals surface area contributed by atoms with Crippen LogP contribution in [-0.2, 0) is 21.6 Å². The number of hydrogen-bond donors (Lipinski definition) is 3. The van der Waals surface area contributed by atoms with Crippen molar-refractivity contribution in [2.24, 2.45) is 5.73 Å². The fourth-order valence-corrected chi connectivity index (χ4v) is 6.51. The van der Waals surface area contributed by atoms with Gasteiger partial charge in [-0.05, 0) is 65.0 Å². The molecule has 0 spiro atoms. The Kier molecular flexibility index (Phi) is 9.05. The van der Waals surface area contributed by atoms with E-state index in [0.717, 1.165) is 15.9 Å². The normalized spacial score (nSPS) is 18.3. The van der Waals surface area contributed by atoms with Crippen LogP contribution < -0.4 is 27.0 Å². The average Bonchev–Trinajstić information content (AvgIpc) is 3.28. The van der Waals surface area contributed by atoms with Crippen molar-refractivity contribution in [1.82, 2.24) is 14.5 Å². The second-order valence-corrected chi connectivity index (χ2v) is 11.8. The molecule has 0 radical (unpaired) electrons. The number of aliphatic hydroxyl groups is 1. The molecule has 2 heterocycles. The lowest BCUT2D eigenvalue weighted by molar-refractivity contribution is -0.125. The van der Waals surface area contributed by atoms with Gasteiger partial charge in [-0.1, -0.05) is 18.2 Å². The number of carbonyl (C=O) groups excluding carboxylic acids is 2. The number of nitrogens with two attached hydrogens (primary N) is 1. The number of rotatable bonds is 10. The summed E-state index contributed by atoms with van der Waals surface area (Å²) in [6.07, 6.45) is 1.25. The third kappa shape index (κ3) is 5.81. The molecule has 4 N–H and O–H groups in total. The summed E-state index contributed by atoms with van der Waals surface area (Å²) in [5, 5.41) is 12.9. The number of hydrogen-bond acceptors (Lipinski definition) is 8. The van der Waals surface area contributed by atoms with E-state index in [1.165, 1.54) is 18.4 Å². The van der Waals surface area contributed by atoms with Crippen LogP contribution in [0.15, 0.2) is 33.9 Å². The minimum absolute atomic E-state index is 0.0291. The van der Waals surface area contributed by atoms with E-state index in [0.29, 0.717) is 58.8 Å². The molecule has 0 saturated heterocycles. The van der Waals surface area contributed by atoms with Gasteiger partial charge in [0.2, 0.25) is 5.91 Å². The summed E-state index contributed by atoms with van der Waals surface area (Å²) < 4.78 is 14.5. The minimum Gasteiger partial charge on any atom is -0.496 e. The number of para-hydroxylation sites is 1. The molecule has 12 heteroatoms. The number of nitrogens with one attached hydrogen (secondary N) is 1. The van der Waals surface area contributed by atoms with Gasteiger partial charge in [-0.15, -0.1) is 11.3 Å². The van der Waals surface area contributed by atoms with Gasteiger partial charge in [0.05, 0.1) is 36.1 Å². The molecule has 1 saturated carbocycles. The van der Waals surface area contributed by atoms with Crippen molar-refractivity contribution in [2.75, 3.05) is 13.7 Å². The Labute approximate surface area is 241 Å². The molecule has 0 bridgehead atoms. The van der Waals surface area contributed by atoms with E-state index in [4.69, 9.17) is 15.2 Å². The zero-order valence-electron chi connectivity index (χ0n) is 24.1. The summed E-state index contributed by atoms with van der Waals surface area (Å²) in [6, 6.07) is 7.33. The monoisotopic (exact) mass is 586 g/mol. The molecule has 41 heavy (non-hydrogen) atoms. The Balaban J connectivity index is 1.97. The van der Waals surface area contributed by atoms with Crippen LogP contribution in [-0.4, -0.2) is 51.9 Å². The van der Waals surface area contributed by atoms with Gasteiger partial charge in [-0.2, -0.15) is 0 Å². The summed E-state index contributed by atoms with van der Waals surface area (Å²) in [4.78, 5) is 53.9. The van der Waals surface area contributed by atoms with Gasteiger partial charge >= 0.3 is 5.69 Å². The lowest BCUT2D eigenvalue weighted by atomic mass is 9.94. The number of ether oxygens (including phenoxy) is 2. The molecule has 1 atom stereocenters. The van der Waals surface area contributed by atoms with Crippen LogP contribution in [0.3, 0.4) is 0 Å². The molecule has 2 amide bonds. The summed E-state index contributed by atoms with van der Waals surface area (Å²) in [5.41, 5.74) is 3.70. The summed E-state index contributed by atoms with van der Waals surface area (Å²) >= 11 is 1.05. The molecule has 0 aliphatic heterocycles. The highest BCUT2D eigenvalue weighted by Crippen LogP contribution is 2.35. The number of amides is 2. The summed E-state index contributed by atoms with van der Waals surface area (Å²) in [7, 11) is 1.55. The number of fused-ring (bicyclic) bond motifs is 1. The number of primary amides is 1. The van der Waals surface area contributed by atoms with Crippen LogP contribution in [0.1, 0.15) is 73.4 Å². The molecular weight excluding hydrogens is 548 g/mol. The second-order valence-electron chi connectivity index (χ2n) is 10.9. The minimum atomic E-state index is -1.65. The molecule has 3 aromatic rings. The number of carbonyl (C=O) groups is 2. The third-order valence-corrected chi connectivity index (χ3v) is 9.07. The highest BCUT2D eigenvalue weighted by atomic mass is 32.1. The Bertz CT molecular complexity index is 1560. The number of aromatic nitrogens is 2.